The van der Waals surface area contributed by atoms with Gasteiger partial charge in [-0.25, -0.2) is 4.79 Å². The minimum atomic E-state index is -0.410. The predicted octanol–water partition coefficient (Wildman–Crippen LogP) is 3.28. The number of rotatable bonds is 6. The Kier molecular flexibility index (Phi) is 5.59. The van der Waals surface area contributed by atoms with Gasteiger partial charge in [0, 0.05) is 24.1 Å². The van der Waals surface area contributed by atoms with E-state index >= 15 is 0 Å². The summed E-state index contributed by atoms with van der Waals surface area (Å²) in [4.78, 5) is 11.6. The van der Waals surface area contributed by atoms with Crippen molar-refractivity contribution in [3.05, 3.63) is 58.7 Å². The summed E-state index contributed by atoms with van der Waals surface area (Å²) < 4.78 is 10.8. The lowest BCUT2D eigenvalue weighted by atomic mass is 10.1. The number of carbonyl (C=O) groups is 1. The van der Waals surface area contributed by atoms with Crippen LogP contribution in [-0.2, 0) is 11.2 Å². The molecule has 0 saturated carbocycles. The first kappa shape index (κ1) is 16.4. The Morgan fingerprint density at radius 1 is 1.39 bits per heavy atom. The number of ether oxygens (including phenoxy) is 1. The van der Waals surface area contributed by atoms with Gasteiger partial charge in [0.05, 0.1) is 24.0 Å². The van der Waals surface area contributed by atoms with Gasteiger partial charge < -0.3 is 14.4 Å². The van der Waals surface area contributed by atoms with Crippen molar-refractivity contribution in [2.24, 2.45) is 0 Å². The van der Waals surface area contributed by atoms with Gasteiger partial charge in [0.15, 0.2) is 6.21 Å². The molecule has 5 nitrogen and oxygen atoms in total. The highest BCUT2D eigenvalue weighted by Crippen LogP contribution is 2.15. The molecule has 0 aliphatic heterocycles. The van der Waals surface area contributed by atoms with E-state index in [0.717, 1.165) is 10.3 Å². The van der Waals surface area contributed by atoms with Crippen molar-refractivity contribution in [1.29, 1.82) is 0 Å². The van der Waals surface area contributed by atoms with Crippen LogP contribution in [0.5, 0.6) is 0 Å². The molecule has 0 radical (unpaired) electrons. The Labute approximate surface area is 134 Å². The monoisotopic (exact) mass is 311 g/mol. The highest BCUT2D eigenvalue weighted by Gasteiger charge is 2.10. The molecule has 0 aliphatic rings. The number of hydrogen-bond donors (Lipinski definition) is 0. The zero-order chi connectivity index (χ0) is 16.7. The van der Waals surface area contributed by atoms with Gasteiger partial charge in [-0.3, -0.25) is 0 Å². The van der Waals surface area contributed by atoms with Crippen LogP contribution in [0.2, 0.25) is 0 Å². The Morgan fingerprint density at radius 2 is 2.13 bits per heavy atom. The maximum absolute atomic E-state index is 12.2. The molecule has 1 aromatic carbocycles. The molecule has 0 N–H and O–H groups in total. The van der Waals surface area contributed by atoms with Gasteiger partial charge in [0.1, 0.15) is 6.26 Å². The number of furan rings is 1. The van der Waals surface area contributed by atoms with Crippen molar-refractivity contribution < 1.29 is 18.7 Å². The van der Waals surface area contributed by atoms with Gasteiger partial charge >= 0.3 is 5.97 Å². The fourth-order valence-electron chi connectivity index (χ4n) is 2.02. The largest absolute Gasteiger partial charge is 0.618 e. The van der Waals surface area contributed by atoms with Crippen molar-refractivity contribution in [2.75, 3.05) is 6.61 Å². The minimum absolute atomic E-state index is 0.308. The van der Waals surface area contributed by atoms with E-state index in [9.17, 15) is 10.0 Å². The molecule has 0 bridgehead atoms. The summed E-state index contributed by atoms with van der Waals surface area (Å²) in [5, 5.41) is 12.2. The molecule has 0 unspecified atom stereocenters. The molecule has 0 aliphatic carbocycles. The van der Waals surface area contributed by atoms with E-state index in [1.807, 2.05) is 0 Å². The van der Waals surface area contributed by atoms with E-state index in [1.54, 1.807) is 37.5 Å². The van der Waals surface area contributed by atoms with Crippen molar-refractivity contribution in [1.82, 2.24) is 0 Å². The van der Waals surface area contributed by atoms with Gasteiger partial charge in [-0.05, 0) is 25.5 Å². The van der Waals surface area contributed by atoms with E-state index in [-0.39, 0.29) is 0 Å². The highest BCUT2D eigenvalue weighted by molar-refractivity contribution is 5.89. The fourth-order valence-corrected chi connectivity index (χ4v) is 2.02. The van der Waals surface area contributed by atoms with Crippen LogP contribution in [0.25, 0.3) is 0 Å². The van der Waals surface area contributed by atoms with Crippen molar-refractivity contribution in [2.45, 2.75) is 19.8 Å². The smallest absolute Gasteiger partial charge is 0.338 e. The summed E-state index contributed by atoms with van der Waals surface area (Å²) >= 11 is 0. The molecule has 0 atom stereocenters. The number of terminal acetylenes is 1. The van der Waals surface area contributed by atoms with E-state index < -0.39 is 5.97 Å². The average Bonchev–Trinajstić information content (AvgIpc) is 3.00. The van der Waals surface area contributed by atoms with Crippen LogP contribution in [0.1, 0.15) is 34.8 Å². The summed E-state index contributed by atoms with van der Waals surface area (Å²) in [6.07, 6.45) is 11.0. The van der Waals surface area contributed by atoms with Crippen LogP contribution in [0.15, 0.2) is 41.2 Å². The number of hydrogen-bond acceptors (Lipinski definition) is 4. The second kappa shape index (κ2) is 7.85. The maximum atomic E-state index is 12.2. The molecule has 0 spiro atoms. The zero-order valence-electron chi connectivity index (χ0n) is 12.8. The van der Waals surface area contributed by atoms with Crippen LogP contribution < -0.4 is 0 Å². The molecule has 1 heterocycles. The third kappa shape index (κ3) is 4.24. The summed E-state index contributed by atoms with van der Waals surface area (Å²) in [6.45, 7) is 2.05. The average molecular weight is 311 g/mol. The highest BCUT2D eigenvalue weighted by atomic mass is 16.5. The van der Waals surface area contributed by atoms with E-state index in [1.165, 1.54) is 12.5 Å². The lowest BCUT2D eigenvalue weighted by Gasteiger charge is -2.05. The fraction of sp³-hybridized carbons (Fsp3) is 0.222. The Bertz CT molecular complexity index is 735. The van der Waals surface area contributed by atoms with Crippen LogP contribution in [-0.4, -0.2) is 23.5 Å². The van der Waals surface area contributed by atoms with Crippen molar-refractivity contribution in [3.8, 4) is 12.3 Å². The SMILES string of the molecule is C#CCCc1cocc1/C=[N+](\[O-])c1ccc(C(=O)OCC)cc1. The maximum Gasteiger partial charge on any atom is 0.338 e. The van der Waals surface area contributed by atoms with Gasteiger partial charge in [0.25, 0.3) is 0 Å². The van der Waals surface area contributed by atoms with Crippen LogP contribution in [0.3, 0.4) is 0 Å². The molecule has 0 saturated heterocycles. The molecular formula is C18H17NO4. The summed E-state index contributed by atoms with van der Waals surface area (Å²) in [5.41, 5.74) is 2.38. The van der Waals surface area contributed by atoms with Crippen molar-refractivity contribution >= 4 is 17.9 Å². The van der Waals surface area contributed by atoms with Crippen molar-refractivity contribution in [3.63, 3.8) is 0 Å². The van der Waals surface area contributed by atoms with Gasteiger partial charge in [0.2, 0.25) is 5.69 Å². The predicted molar refractivity (Wildman–Crippen MR) is 86.7 cm³/mol. The second-order valence-electron chi connectivity index (χ2n) is 4.78. The summed E-state index contributed by atoms with van der Waals surface area (Å²) in [5.74, 6) is 2.14. The topological polar surface area (TPSA) is 65.5 Å². The lowest BCUT2D eigenvalue weighted by Crippen LogP contribution is -2.05. The molecule has 0 amide bonds. The Morgan fingerprint density at radius 3 is 2.78 bits per heavy atom. The van der Waals surface area contributed by atoms with Gasteiger partial charge in [-0.1, -0.05) is 0 Å². The quantitative estimate of drug-likeness (QED) is 0.205. The third-order valence-corrected chi connectivity index (χ3v) is 3.20. The molecule has 2 rings (SSSR count). The minimum Gasteiger partial charge on any atom is -0.618 e. The van der Waals surface area contributed by atoms with Gasteiger partial charge in [-0.15, -0.1) is 12.3 Å². The first-order valence-corrected chi connectivity index (χ1v) is 7.22. The molecule has 23 heavy (non-hydrogen) atoms. The van der Waals surface area contributed by atoms with E-state index in [0.29, 0.717) is 36.3 Å². The molecule has 1 aromatic heterocycles. The molecular weight excluding hydrogens is 294 g/mol. The van der Waals surface area contributed by atoms with Gasteiger partial charge in [-0.2, -0.15) is 4.74 Å². The standard InChI is InChI=1S/C18H17NO4/c1-3-5-6-15-12-22-13-16(15)11-19(21)17-9-7-14(8-10-17)18(20)23-4-2/h1,7-13H,4-6H2,2H3/b19-11-. The van der Waals surface area contributed by atoms with Crippen LogP contribution in [0, 0.1) is 17.6 Å². The zero-order valence-corrected chi connectivity index (χ0v) is 12.8. The second-order valence-corrected chi connectivity index (χ2v) is 4.78. The lowest BCUT2D eigenvalue weighted by molar-refractivity contribution is -0.354. The number of aryl methyl sites for hydroxylation is 1. The first-order chi connectivity index (χ1) is 11.2. The summed E-state index contributed by atoms with van der Waals surface area (Å²) in [7, 11) is 0. The number of carbonyl (C=O) groups excluding carboxylic acids is 1. The normalized spacial score (nSPS) is 11.0. The summed E-state index contributed by atoms with van der Waals surface area (Å²) in [6, 6.07) is 6.25. The van der Waals surface area contributed by atoms with Crippen LogP contribution >= 0.6 is 0 Å². The number of nitrogens with zero attached hydrogens (tertiary/aromatic N) is 1. The Balaban J connectivity index is 2.17. The first-order valence-electron chi connectivity index (χ1n) is 7.22. The van der Waals surface area contributed by atoms with E-state index in [4.69, 9.17) is 15.6 Å². The third-order valence-electron chi connectivity index (χ3n) is 3.20. The molecule has 2 aromatic rings. The number of esters is 1. The number of benzene rings is 1. The van der Waals surface area contributed by atoms with E-state index in [2.05, 4.69) is 5.92 Å². The molecule has 118 valence electrons. The molecule has 5 heteroatoms. The van der Waals surface area contributed by atoms with Crippen LogP contribution in [0.4, 0.5) is 5.69 Å². The Hall–Kier alpha value is -3.00. The molecule has 0 fully saturated rings.